The second-order valence-corrected chi connectivity index (χ2v) is 13.8. The van der Waals surface area contributed by atoms with Crippen LogP contribution in [0, 0.1) is 5.92 Å². The number of hydrogen-bond donors (Lipinski definition) is 2. The molecule has 1 aliphatic carbocycles. The number of thioether (sulfide) groups is 1. The van der Waals surface area contributed by atoms with E-state index in [4.69, 9.17) is 9.47 Å². The molecule has 0 spiro atoms. The SMILES string of the molecule is C[C@@H](NC(=O)[C@@H]1CSCN1C(=O)CN1CCOCC1)C(=O)NSC(Cc1ccc(Oc2ccccc2)cc1)C1CCCCC1. The molecular weight excluding hydrogens is 597 g/mol. The molecule has 238 valence electrons. The first-order chi connectivity index (χ1) is 21.5. The third-order valence-corrected chi connectivity index (χ3v) is 10.7. The fraction of sp³-hybridized carbons (Fsp3) is 0.545. The molecule has 1 unspecified atom stereocenters. The molecule has 2 aromatic rings. The molecule has 11 heteroatoms. The van der Waals surface area contributed by atoms with Gasteiger partial charge in [-0.15, -0.1) is 11.8 Å². The number of ether oxygens (including phenoxy) is 2. The Kier molecular flexibility index (Phi) is 12.3. The summed E-state index contributed by atoms with van der Waals surface area (Å²) in [7, 11) is 0. The highest BCUT2D eigenvalue weighted by molar-refractivity contribution is 7.99. The molecule has 1 saturated carbocycles. The van der Waals surface area contributed by atoms with E-state index in [1.165, 1.54) is 36.8 Å². The predicted molar refractivity (Wildman–Crippen MR) is 176 cm³/mol. The van der Waals surface area contributed by atoms with Gasteiger partial charge in [0.2, 0.25) is 11.8 Å². The minimum Gasteiger partial charge on any atom is -0.457 e. The first kappa shape index (κ1) is 32.7. The van der Waals surface area contributed by atoms with Gasteiger partial charge < -0.3 is 19.7 Å². The summed E-state index contributed by atoms with van der Waals surface area (Å²) >= 11 is 3.05. The van der Waals surface area contributed by atoms with Crippen molar-refractivity contribution >= 4 is 41.4 Å². The second kappa shape index (κ2) is 16.5. The lowest BCUT2D eigenvalue weighted by Gasteiger charge is -2.31. The van der Waals surface area contributed by atoms with Crippen molar-refractivity contribution < 1.29 is 23.9 Å². The molecule has 0 aromatic heterocycles. The number of amides is 3. The average Bonchev–Trinajstić information content (AvgIpc) is 3.56. The molecule has 3 amide bonds. The molecule has 0 bridgehead atoms. The fourth-order valence-electron chi connectivity index (χ4n) is 5.91. The minimum atomic E-state index is -0.710. The number of hydrogen-bond acceptors (Lipinski definition) is 8. The highest BCUT2D eigenvalue weighted by atomic mass is 32.2. The van der Waals surface area contributed by atoms with Crippen molar-refractivity contribution in [3.63, 3.8) is 0 Å². The van der Waals surface area contributed by atoms with E-state index in [1.54, 1.807) is 23.6 Å². The number of benzene rings is 2. The summed E-state index contributed by atoms with van der Waals surface area (Å²) in [5.74, 6) is 2.57. The van der Waals surface area contributed by atoms with Crippen molar-refractivity contribution in [3.05, 3.63) is 60.2 Å². The van der Waals surface area contributed by atoms with E-state index in [-0.39, 0.29) is 29.5 Å². The van der Waals surface area contributed by atoms with Crippen LogP contribution in [0.1, 0.15) is 44.6 Å². The summed E-state index contributed by atoms with van der Waals surface area (Å²) in [4.78, 5) is 43.0. The van der Waals surface area contributed by atoms with Gasteiger partial charge in [0, 0.05) is 24.1 Å². The van der Waals surface area contributed by atoms with Crippen LogP contribution in [0.3, 0.4) is 0 Å². The van der Waals surface area contributed by atoms with Crippen LogP contribution in [0.2, 0.25) is 0 Å². The van der Waals surface area contributed by atoms with Gasteiger partial charge in [-0.1, -0.05) is 49.6 Å². The molecule has 5 rings (SSSR count). The average molecular weight is 641 g/mol. The van der Waals surface area contributed by atoms with Crippen molar-refractivity contribution in [2.75, 3.05) is 44.5 Å². The summed E-state index contributed by atoms with van der Waals surface area (Å²) in [5.41, 5.74) is 1.20. The molecule has 2 aromatic carbocycles. The molecule has 2 N–H and O–H groups in total. The highest BCUT2D eigenvalue weighted by Gasteiger charge is 2.36. The van der Waals surface area contributed by atoms with Gasteiger partial charge in [-0.2, -0.15) is 0 Å². The van der Waals surface area contributed by atoms with Crippen molar-refractivity contribution in [3.8, 4) is 11.5 Å². The first-order valence-corrected chi connectivity index (χ1v) is 17.7. The quantitative estimate of drug-likeness (QED) is 0.328. The normalized spacial score (nSPS) is 20.9. The lowest BCUT2D eigenvalue weighted by atomic mass is 9.85. The molecule has 3 fully saturated rings. The van der Waals surface area contributed by atoms with E-state index in [1.807, 2.05) is 42.5 Å². The third-order valence-electron chi connectivity index (χ3n) is 8.55. The summed E-state index contributed by atoms with van der Waals surface area (Å²) in [6.45, 7) is 4.66. The summed E-state index contributed by atoms with van der Waals surface area (Å²) < 4.78 is 14.4. The van der Waals surface area contributed by atoms with Crippen LogP contribution in [0.4, 0.5) is 0 Å². The van der Waals surface area contributed by atoms with Gasteiger partial charge in [0.25, 0.3) is 5.91 Å². The molecule has 0 radical (unpaired) electrons. The number of carbonyl (C=O) groups excluding carboxylic acids is 3. The largest absolute Gasteiger partial charge is 0.457 e. The Morgan fingerprint density at radius 3 is 2.43 bits per heavy atom. The van der Waals surface area contributed by atoms with E-state index in [2.05, 4.69) is 27.1 Å². The number of rotatable bonds is 12. The van der Waals surface area contributed by atoms with Gasteiger partial charge in [-0.25, -0.2) is 0 Å². The number of nitrogens with zero attached hydrogens (tertiary/aromatic N) is 2. The summed E-state index contributed by atoms with van der Waals surface area (Å²) in [6.07, 6.45) is 6.84. The number of carbonyl (C=O) groups is 3. The summed E-state index contributed by atoms with van der Waals surface area (Å²) in [5, 5.41) is 3.09. The molecule has 44 heavy (non-hydrogen) atoms. The lowest BCUT2D eigenvalue weighted by molar-refractivity contribution is -0.140. The van der Waals surface area contributed by atoms with E-state index < -0.39 is 12.1 Å². The van der Waals surface area contributed by atoms with Gasteiger partial charge in [-0.05, 0) is 73.9 Å². The van der Waals surface area contributed by atoms with Crippen LogP contribution >= 0.6 is 23.7 Å². The van der Waals surface area contributed by atoms with Crippen molar-refractivity contribution in [2.45, 2.75) is 62.8 Å². The second-order valence-electron chi connectivity index (χ2n) is 11.8. The van der Waals surface area contributed by atoms with E-state index in [0.29, 0.717) is 43.9 Å². The van der Waals surface area contributed by atoms with Crippen LogP contribution in [0.25, 0.3) is 0 Å². The molecule has 3 aliphatic rings. The van der Waals surface area contributed by atoms with Gasteiger partial charge in [0.1, 0.15) is 23.6 Å². The fourth-order valence-corrected chi connectivity index (χ4v) is 8.27. The smallest absolute Gasteiger partial charge is 0.252 e. The van der Waals surface area contributed by atoms with Crippen LogP contribution in [-0.4, -0.2) is 89.3 Å². The maximum atomic E-state index is 13.2. The molecular formula is C33H44N4O5S2. The van der Waals surface area contributed by atoms with Gasteiger partial charge in [0.15, 0.2) is 0 Å². The standard InChI is InChI=1S/C33H44N4O5S2/c1-24(34-33(40)29-22-43-23-37(29)31(38)21-36-16-18-41-19-17-36)32(39)35-44-30(26-8-4-2-5-9-26)20-25-12-14-28(15-13-25)42-27-10-6-3-7-11-27/h3,6-7,10-15,24,26,29-30H,2,4-5,8-9,16-23H2,1H3,(H,34,40)(H,35,39)/t24-,29+,30?/m1/s1. The van der Waals surface area contributed by atoms with E-state index in [0.717, 1.165) is 30.8 Å². The van der Waals surface area contributed by atoms with Crippen molar-refractivity contribution in [2.24, 2.45) is 5.92 Å². The van der Waals surface area contributed by atoms with Crippen molar-refractivity contribution in [1.29, 1.82) is 0 Å². The number of nitrogens with one attached hydrogen (secondary N) is 2. The topological polar surface area (TPSA) is 100 Å². The van der Waals surface area contributed by atoms with Crippen LogP contribution in [0.5, 0.6) is 11.5 Å². The summed E-state index contributed by atoms with van der Waals surface area (Å²) in [6, 6.07) is 16.7. The lowest BCUT2D eigenvalue weighted by Crippen LogP contribution is -2.54. The monoisotopic (exact) mass is 640 g/mol. The molecule has 2 aliphatic heterocycles. The van der Waals surface area contributed by atoms with E-state index >= 15 is 0 Å². The Bertz CT molecular complexity index is 1220. The zero-order valence-corrected chi connectivity index (χ0v) is 27.1. The zero-order chi connectivity index (χ0) is 30.7. The van der Waals surface area contributed by atoms with Crippen molar-refractivity contribution in [1.82, 2.24) is 19.8 Å². The van der Waals surface area contributed by atoms with Gasteiger partial charge in [-0.3, -0.25) is 24.0 Å². The Balaban J connectivity index is 1.12. The minimum absolute atomic E-state index is 0.0558. The molecule has 2 saturated heterocycles. The Morgan fingerprint density at radius 2 is 1.70 bits per heavy atom. The maximum absolute atomic E-state index is 13.2. The third kappa shape index (κ3) is 9.39. The number of morpholine rings is 1. The maximum Gasteiger partial charge on any atom is 0.252 e. The Morgan fingerprint density at radius 1 is 1.00 bits per heavy atom. The van der Waals surface area contributed by atoms with Crippen LogP contribution in [-0.2, 0) is 25.5 Å². The Labute approximate surface area is 269 Å². The van der Waals surface area contributed by atoms with Gasteiger partial charge in [0.05, 0.1) is 25.6 Å². The predicted octanol–water partition coefficient (Wildman–Crippen LogP) is 4.47. The molecule has 2 heterocycles. The molecule has 9 nitrogen and oxygen atoms in total. The zero-order valence-electron chi connectivity index (χ0n) is 25.5. The first-order valence-electron chi connectivity index (χ1n) is 15.7. The van der Waals surface area contributed by atoms with Gasteiger partial charge >= 0.3 is 0 Å². The number of para-hydroxylation sites is 1. The highest BCUT2D eigenvalue weighted by Crippen LogP contribution is 2.34. The molecule has 3 atom stereocenters. The van der Waals surface area contributed by atoms with Crippen LogP contribution < -0.4 is 14.8 Å². The Hall–Kier alpha value is -2.73. The van der Waals surface area contributed by atoms with E-state index in [9.17, 15) is 14.4 Å². The van der Waals surface area contributed by atoms with Crippen LogP contribution in [0.15, 0.2) is 54.6 Å².